The lowest BCUT2D eigenvalue weighted by Crippen LogP contribution is -2.29. The zero-order valence-electron chi connectivity index (χ0n) is 18.9. The SMILES string of the molecule is COC(=O)CCC/C=C\CC1C(O)CC(O)C1/C=C/C1(CCc2ccccc2)OCCO1. The van der Waals surface area contributed by atoms with E-state index in [1.807, 2.05) is 42.5 Å². The molecule has 3 rings (SSSR count). The zero-order chi connectivity index (χ0) is 22.8. The van der Waals surface area contributed by atoms with Crippen LogP contribution in [0.5, 0.6) is 0 Å². The number of aliphatic hydroxyl groups is 2. The highest BCUT2D eigenvalue weighted by Gasteiger charge is 2.41. The molecule has 32 heavy (non-hydrogen) atoms. The van der Waals surface area contributed by atoms with E-state index in [0.29, 0.717) is 38.9 Å². The maximum atomic E-state index is 11.2. The third-order valence-electron chi connectivity index (χ3n) is 6.42. The number of rotatable bonds is 11. The van der Waals surface area contributed by atoms with Crippen molar-refractivity contribution < 1.29 is 29.2 Å². The van der Waals surface area contributed by atoms with E-state index in [2.05, 4.69) is 16.9 Å². The summed E-state index contributed by atoms with van der Waals surface area (Å²) in [6, 6.07) is 10.2. The molecule has 4 unspecified atom stereocenters. The van der Waals surface area contributed by atoms with E-state index in [0.717, 1.165) is 19.3 Å². The molecule has 6 heteroatoms. The van der Waals surface area contributed by atoms with E-state index in [1.54, 1.807) is 0 Å². The van der Waals surface area contributed by atoms with Gasteiger partial charge in [0, 0.05) is 25.2 Å². The number of ether oxygens (including phenoxy) is 3. The van der Waals surface area contributed by atoms with Crippen LogP contribution in [0.2, 0.25) is 0 Å². The molecule has 0 bridgehead atoms. The third kappa shape index (κ3) is 7.01. The largest absolute Gasteiger partial charge is 0.469 e. The van der Waals surface area contributed by atoms with E-state index in [-0.39, 0.29) is 17.8 Å². The van der Waals surface area contributed by atoms with Gasteiger partial charge in [0.2, 0.25) is 0 Å². The number of carbonyl (C=O) groups is 1. The second-order valence-electron chi connectivity index (χ2n) is 8.64. The average molecular weight is 445 g/mol. The van der Waals surface area contributed by atoms with Gasteiger partial charge in [-0.1, -0.05) is 48.6 Å². The second-order valence-corrected chi connectivity index (χ2v) is 8.64. The van der Waals surface area contributed by atoms with Gasteiger partial charge in [-0.2, -0.15) is 0 Å². The van der Waals surface area contributed by atoms with Crippen LogP contribution in [0.1, 0.15) is 44.1 Å². The highest BCUT2D eigenvalue weighted by atomic mass is 16.7. The van der Waals surface area contributed by atoms with Crippen molar-refractivity contribution in [3.8, 4) is 0 Å². The summed E-state index contributed by atoms with van der Waals surface area (Å²) in [6.45, 7) is 1.10. The van der Waals surface area contributed by atoms with Gasteiger partial charge in [-0.25, -0.2) is 0 Å². The fourth-order valence-electron chi connectivity index (χ4n) is 4.56. The first-order valence-electron chi connectivity index (χ1n) is 11.6. The van der Waals surface area contributed by atoms with Crippen LogP contribution < -0.4 is 0 Å². The van der Waals surface area contributed by atoms with Crippen molar-refractivity contribution in [3.05, 3.63) is 60.2 Å². The molecule has 176 valence electrons. The van der Waals surface area contributed by atoms with Gasteiger partial charge in [0.05, 0.1) is 32.5 Å². The molecule has 1 aromatic rings. The third-order valence-corrected chi connectivity index (χ3v) is 6.42. The molecule has 0 amide bonds. The normalized spacial score (nSPS) is 27.5. The molecule has 1 saturated heterocycles. The summed E-state index contributed by atoms with van der Waals surface area (Å²) in [5.41, 5.74) is 1.23. The molecule has 1 aliphatic heterocycles. The van der Waals surface area contributed by atoms with E-state index in [9.17, 15) is 15.0 Å². The maximum absolute atomic E-state index is 11.2. The minimum absolute atomic E-state index is 0.0642. The summed E-state index contributed by atoms with van der Waals surface area (Å²) >= 11 is 0. The van der Waals surface area contributed by atoms with Crippen LogP contribution in [0.15, 0.2) is 54.6 Å². The molecule has 2 aliphatic rings. The molecule has 2 fully saturated rings. The first-order chi connectivity index (χ1) is 15.5. The van der Waals surface area contributed by atoms with E-state index in [1.165, 1.54) is 12.7 Å². The van der Waals surface area contributed by atoms with E-state index < -0.39 is 18.0 Å². The van der Waals surface area contributed by atoms with Gasteiger partial charge >= 0.3 is 5.97 Å². The monoisotopic (exact) mass is 444 g/mol. The maximum Gasteiger partial charge on any atom is 0.305 e. The Morgan fingerprint density at radius 3 is 2.62 bits per heavy atom. The summed E-state index contributed by atoms with van der Waals surface area (Å²) in [5, 5.41) is 21.1. The Kier molecular flexibility index (Phi) is 9.48. The Balaban J connectivity index is 1.57. The van der Waals surface area contributed by atoms with Crippen molar-refractivity contribution in [1.82, 2.24) is 0 Å². The highest BCUT2D eigenvalue weighted by Crippen LogP contribution is 2.38. The lowest BCUT2D eigenvalue weighted by atomic mass is 9.89. The minimum Gasteiger partial charge on any atom is -0.469 e. The number of allylic oxidation sites excluding steroid dienone is 2. The predicted molar refractivity (Wildman–Crippen MR) is 122 cm³/mol. The van der Waals surface area contributed by atoms with Crippen LogP contribution in [0.3, 0.4) is 0 Å². The Hall–Kier alpha value is -1.99. The Bertz CT molecular complexity index is 753. The summed E-state index contributed by atoms with van der Waals surface area (Å²) in [6.07, 6.45) is 11.4. The van der Waals surface area contributed by atoms with Gasteiger partial charge < -0.3 is 24.4 Å². The van der Waals surface area contributed by atoms with Crippen LogP contribution in [-0.4, -0.2) is 54.5 Å². The molecule has 4 atom stereocenters. The predicted octanol–water partition coefficient (Wildman–Crippen LogP) is 3.57. The second kappa shape index (κ2) is 12.3. The van der Waals surface area contributed by atoms with Gasteiger partial charge in [-0.15, -0.1) is 0 Å². The first kappa shape index (κ1) is 24.6. The molecule has 0 spiro atoms. The molecule has 6 nitrogen and oxygen atoms in total. The molecule has 2 N–H and O–H groups in total. The minimum atomic E-state index is -0.780. The highest BCUT2D eigenvalue weighted by molar-refractivity contribution is 5.69. The Morgan fingerprint density at radius 2 is 1.91 bits per heavy atom. The number of aryl methyl sites for hydroxylation is 1. The van der Waals surface area contributed by atoms with E-state index in [4.69, 9.17) is 9.47 Å². The number of hydrogen-bond acceptors (Lipinski definition) is 6. The van der Waals surface area contributed by atoms with Crippen molar-refractivity contribution in [2.45, 2.75) is 62.9 Å². The number of esters is 1. The standard InChI is InChI=1S/C26H36O6/c1-30-25(29)12-8-3-2-7-11-21-22(24(28)19-23(21)27)14-16-26(31-17-18-32-26)15-13-20-9-5-4-6-10-20/h2,4-7,9-10,14,16,21-24,27-28H,3,8,11-13,15,17-19H2,1H3/b7-2-,16-14+. The van der Waals surface area contributed by atoms with Gasteiger partial charge in [-0.05, 0) is 43.2 Å². The Morgan fingerprint density at radius 1 is 1.16 bits per heavy atom. The van der Waals surface area contributed by atoms with Crippen LogP contribution in [-0.2, 0) is 25.4 Å². The molecule has 0 aromatic heterocycles. The molecular weight excluding hydrogens is 408 g/mol. The molecule has 1 aliphatic carbocycles. The summed E-state index contributed by atoms with van der Waals surface area (Å²) < 4.78 is 16.6. The van der Waals surface area contributed by atoms with Crippen molar-refractivity contribution in [2.75, 3.05) is 20.3 Å². The van der Waals surface area contributed by atoms with Gasteiger partial charge in [0.15, 0.2) is 5.79 Å². The van der Waals surface area contributed by atoms with Gasteiger partial charge in [0.1, 0.15) is 0 Å². The zero-order valence-corrected chi connectivity index (χ0v) is 18.9. The lowest BCUT2D eigenvalue weighted by Gasteiger charge is -2.26. The molecule has 1 heterocycles. The Labute approximate surface area is 190 Å². The lowest BCUT2D eigenvalue weighted by molar-refractivity contribution is -0.140. The number of hydrogen-bond donors (Lipinski definition) is 2. The number of unbranched alkanes of at least 4 members (excludes halogenated alkanes) is 1. The van der Waals surface area contributed by atoms with Crippen molar-refractivity contribution >= 4 is 5.97 Å². The first-order valence-corrected chi connectivity index (χ1v) is 11.6. The van der Waals surface area contributed by atoms with Crippen LogP contribution >= 0.6 is 0 Å². The number of benzene rings is 1. The van der Waals surface area contributed by atoms with Gasteiger partial charge in [-0.3, -0.25) is 4.79 Å². The average Bonchev–Trinajstić information content (AvgIpc) is 3.38. The summed E-state index contributed by atoms with van der Waals surface area (Å²) in [5.74, 6) is -1.20. The number of carbonyl (C=O) groups excluding carboxylic acids is 1. The quantitative estimate of drug-likeness (QED) is 0.308. The summed E-state index contributed by atoms with van der Waals surface area (Å²) in [4.78, 5) is 11.2. The number of methoxy groups -OCH3 is 1. The van der Waals surface area contributed by atoms with Crippen LogP contribution in [0.4, 0.5) is 0 Å². The molecule has 1 saturated carbocycles. The van der Waals surface area contributed by atoms with Crippen molar-refractivity contribution in [3.63, 3.8) is 0 Å². The summed E-state index contributed by atoms with van der Waals surface area (Å²) in [7, 11) is 1.39. The fraction of sp³-hybridized carbons (Fsp3) is 0.577. The number of aliphatic hydroxyl groups excluding tert-OH is 2. The smallest absolute Gasteiger partial charge is 0.305 e. The van der Waals surface area contributed by atoms with Gasteiger partial charge in [0.25, 0.3) is 0 Å². The fourth-order valence-corrected chi connectivity index (χ4v) is 4.56. The van der Waals surface area contributed by atoms with Crippen LogP contribution in [0.25, 0.3) is 0 Å². The molecule has 0 radical (unpaired) electrons. The van der Waals surface area contributed by atoms with Crippen LogP contribution in [0, 0.1) is 11.8 Å². The molecular formula is C26H36O6. The van der Waals surface area contributed by atoms with Crippen molar-refractivity contribution in [1.29, 1.82) is 0 Å². The van der Waals surface area contributed by atoms with Crippen molar-refractivity contribution in [2.24, 2.45) is 11.8 Å². The molecule has 1 aromatic carbocycles. The van der Waals surface area contributed by atoms with E-state index >= 15 is 0 Å². The topological polar surface area (TPSA) is 85.2 Å².